The quantitative estimate of drug-likeness (QED) is 0.294. The van der Waals surface area contributed by atoms with Gasteiger partial charge in [0.1, 0.15) is 0 Å². The maximum absolute atomic E-state index is 12.1. The Morgan fingerprint density at radius 3 is 1.27 bits per heavy atom. The lowest BCUT2D eigenvalue weighted by atomic mass is 10.0. The molecule has 0 spiro atoms. The molecule has 2 saturated carbocycles. The van der Waals surface area contributed by atoms with Gasteiger partial charge in [-0.3, -0.25) is 9.13 Å². The van der Waals surface area contributed by atoms with Crippen LogP contribution in [0.1, 0.15) is 89.9 Å². The molecule has 0 aliphatic heterocycles. The molecule has 2 unspecified atom stereocenters. The Kier molecular flexibility index (Phi) is 16.5. The summed E-state index contributed by atoms with van der Waals surface area (Å²) in [5, 5.41) is 0. The Balaban J connectivity index is 0.00000312. The number of rotatable bonds is 11. The summed E-state index contributed by atoms with van der Waals surface area (Å²) in [5.74, 6) is 0. The molecule has 6 nitrogen and oxygen atoms in total. The van der Waals surface area contributed by atoms with Crippen molar-refractivity contribution in [3.8, 4) is 0 Å². The van der Waals surface area contributed by atoms with Crippen LogP contribution in [-0.2, 0) is 18.2 Å². The van der Waals surface area contributed by atoms with Gasteiger partial charge in [-0.15, -0.1) is 0 Å². The maximum Gasteiger partial charge on any atom is 0.194 e. The summed E-state index contributed by atoms with van der Waals surface area (Å²) in [6.45, 7) is 1.27. The molecule has 0 radical (unpaired) electrons. The standard InChI is InChI=1S/C18H36O4P2.2H3N/c19-23(17-11-5-3-6-12-17)21-15-9-1-2-10-16-22-24(20)18-13-7-4-8-14-18;;/h17-18,23-24H,1-16H2;2*1H3. The smallest absolute Gasteiger partial charge is 0.194 e. The zero-order valence-electron chi connectivity index (χ0n) is 16.5. The van der Waals surface area contributed by atoms with E-state index in [0.29, 0.717) is 24.5 Å². The van der Waals surface area contributed by atoms with Gasteiger partial charge < -0.3 is 21.3 Å². The Labute approximate surface area is 161 Å². The van der Waals surface area contributed by atoms with Gasteiger partial charge in [-0.1, -0.05) is 51.4 Å². The average Bonchev–Trinajstić information content (AvgIpc) is 2.65. The second-order valence-corrected chi connectivity index (χ2v) is 10.9. The summed E-state index contributed by atoms with van der Waals surface area (Å²) in [4.78, 5) is 0. The highest BCUT2D eigenvalue weighted by Gasteiger charge is 2.20. The summed E-state index contributed by atoms with van der Waals surface area (Å²) in [6.07, 6.45) is 15.9. The third-order valence-corrected chi connectivity index (χ3v) is 8.87. The van der Waals surface area contributed by atoms with Gasteiger partial charge in [0.2, 0.25) is 0 Å². The topological polar surface area (TPSA) is 123 Å². The SMILES string of the molecule is N.N.O=[PH](OCCCCCCO[PH](=O)C1CCCCC1)C1CCCCC1. The minimum Gasteiger partial charge on any atom is -0.344 e. The molecule has 0 aromatic rings. The summed E-state index contributed by atoms with van der Waals surface area (Å²) >= 11 is 0. The summed E-state index contributed by atoms with van der Waals surface area (Å²) < 4.78 is 35.3. The zero-order valence-corrected chi connectivity index (χ0v) is 18.5. The predicted molar refractivity (Wildman–Crippen MR) is 112 cm³/mol. The lowest BCUT2D eigenvalue weighted by molar-refractivity contribution is 0.288. The highest BCUT2D eigenvalue weighted by Crippen LogP contribution is 2.40. The van der Waals surface area contributed by atoms with Crippen molar-refractivity contribution in [2.45, 2.75) is 101 Å². The van der Waals surface area contributed by atoms with Gasteiger partial charge in [-0.25, -0.2) is 0 Å². The first-order valence-electron chi connectivity index (χ1n) is 10.1. The van der Waals surface area contributed by atoms with Gasteiger partial charge in [-0.2, -0.15) is 0 Å². The number of hydrogen-bond donors (Lipinski definition) is 2. The molecule has 2 aliphatic carbocycles. The minimum absolute atomic E-state index is 0. The molecule has 2 fully saturated rings. The van der Waals surface area contributed by atoms with E-state index in [1.54, 1.807) is 0 Å². The lowest BCUT2D eigenvalue weighted by Gasteiger charge is -2.21. The summed E-state index contributed by atoms with van der Waals surface area (Å²) in [6, 6.07) is 0. The molecule has 0 aromatic heterocycles. The van der Waals surface area contributed by atoms with Crippen LogP contribution in [0.15, 0.2) is 0 Å². The molecule has 26 heavy (non-hydrogen) atoms. The van der Waals surface area contributed by atoms with Crippen LogP contribution in [0.3, 0.4) is 0 Å². The monoisotopic (exact) mass is 412 g/mol. The van der Waals surface area contributed by atoms with Crippen molar-refractivity contribution in [1.29, 1.82) is 0 Å². The molecular weight excluding hydrogens is 370 g/mol. The second kappa shape index (κ2) is 16.3. The average molecular weight is 412 g/mol. The zero-order chi connectivity index (χ0) is 17.0. The van der Waals surface area contributed by atoms with E-state index in [2.05, 4.69) is 0 Å². The van der Waals surface area contributed by atoms with Gasteiger partial charge in [0, 0.05) is 11.3 Å². The Hall–Kier alpha value is 0.300. The summed E-state index contributed by atoms with van der Waals surface area (Å²) in [5.41, 5.74) is 0.684. The number of unbranched alkanes of at least 4 members (excludes halogenated alkanes) is 3. The highest BCUT2D eigenvalue weighted by molar-refractivity contribution is 7.40. The van der Waals surface area contributed by atoms with Crippen LogP contribution in [0.5, 0.6) is 0 Å². The Morgan fingerprint density at radius 1 is 0.577 bits per heavy atom. The van der Waals surface area contributed by atoms with Gasteiger partial charge in [-0.05, 0) is 38.5 Å². The fraction of sp³-hybridized carbons (Fsp3) is 1.00. The first kappa shape index (κ1) is 26.3. The maximum atomic E-state index is 12.1. The van der Waals surface area contributed by atoms with Crippen molar-refractivity contribution in [3.05, 3.63) is 0 Å². The van der Waals surface area contributed by atoms with Crippen molar-refractivity contribution in [1.82, 2.24) is 12.3 Å². The van der Waals surface area contributed by atoms with Gasteiger partial charge in [0.05, 0.1) is 13.2 Å². The third kappa shape index (κ3) is 10.6. The van der Waals surface area contributed by atoms with E-state index in [9.17, 15) is 9.13 Å². The molecular formula is C18H42N2O4P2. The molecule has 2 aliphatic rings. The molecule has 8 heteroatoms. The van der Waals surface area contributed by atoms with Gasteiger partial charge in [0.25, 0.3) is 0 Å². The van der Waals surface area contributed by atoms with Crippen LogP contribution in [0.25, 0.3) is 0 Å². The fourth-order valence-corrected chi connectivity index (χ4v) is 6.74. The molecule has 0 saturated heterocycles. The second-order valence-electron chi connectivity index (χ2n) is 7.42. The van der Waals surface area contributed by atoms with E-state index in [0.717, 1.165) is 51.4 Å². The lowest BCUT2D eigenvalue weighted by Crippen LogP contribution is -2.09. The van der Waals surface area contributed by atoms with Crippen LogP contribution < -0.4 is 12.3 Å². The van der Waals surface area contributed by atoms with Crippen LogP contribution in [0, 0.1) is 0 Å². The first-order chi connectivity index (χ1) is 11.8. The Morgan fingerprint density at radius 2 is 0.923 bits per heavy atom. The van der Waals surface area contributed by atoms with Crippen LogP contribution >= 0.6 is 16.1 Å². The van der Waals surface area contributed by atoms with E-state index in [4.69, 9.17) is 9.05 Å². The van der Waals surface area contributed by atoms with Crippen molar-refractivity contribution < 1.29 is 18.2 Å². The first-order valence-corrected chi connectivity index (χ1v) is 12.9. The van der Waals surface area contributed by atoms with Gasteiger partial charge in [0.15, 0.2) is 16.1 Å². The fourth-order valence-electron chi connectivity index (χ4n) is 3.82. The normalized spacial score (nSPS) is 21.4. The van der Waals surface area contributed by atoms with E-state index in [-0.39, 0.29) is 12.3 Å². The van der Waals surface area contributed by atoms with Crippen LogP contribution in [-0.4, -0.2) is 24.5 Å². The molecule has 0 heterocycles. The molecule has 2 atom stereocenters. The van der Waals surface area contributed by atoms with Gasteiger partial charge >= 0.3 is 0 Å². The number of hydrogen-bond acceptors (Lipinski definition) is 6. The van der Waals surface area contributed by atoms with Crippen molar-refractivity contribution >= 4 is 16.1 Å². The van der Waals surface area contributed by atoms with E-state index >= 15 is 0 Å². The summed E-state index contributed by atoms with van der Waals surface area (Å²) in [7, 11) is -3.65. The van der Waals surface area contributed by atoms with Crippen LogP contribution in [0.2, 0.25) is 0 Å². The molecule has 0 aromatic carbocycles. The van der Waals surface area contributed by atoms with Crippen molar-refractivity contribution in [2.75, 3.05) is 13.2 Å². The molecule has 6 N–H and O–H groups in total. The van der Waals surface area contributed by atoms with Crippen molar-refractivity contribution in [3.63, 3.8) is 0 Å². The molecule has 158 valence electrons. The molecule has 0 bridgehead atoms. The predicted octanol–water partition coefficient (Wildman–Crippen LogP) is 6.52. The van der Waals surface area contributed by atoms with Crippen molar-refractivity contribution in [2.24, 2.45) is 0 Å². The minimum atomic E-state index is -1.82. The Bertz CT molecular complexity index is 351. The third-order valence-electron chi connectivity index (χ3n) is 5.40. The van der Waals surface area contributed by atoms with E-state index in [1.807, 2.05) is 0 Å². The van der Waals surface area contributed by atoms with E-state index < -0.39 is 16.1 Å². The highest BCUT2D eigenvalue weighted by atomic mass is 31.1. The van der Waals surface area contributed by atoms with E-state index in [1.165, 1.54) is 38.5 Å². The van der Waals surface area contributed by atoms with Crippen LogP contribution in [0.4, 0.5) is 0 Å². The molecule has 0 amide bonds. The largest absolute Gasteiger partial charge is 0.344 e. The molecule has 2 rings (SSSR count).